The highest BCUT2D eigenvalue weighted by molar-refractivity contribution is 7.90. The van der Waals surface area contributed by atoms with E-state index in [0.29, 0.717) is 11.4 Å². The summed E-state index contributed by atoms with van der Waals surface area (Å²) in [4.78, 5) is 12.0. The highest BCUT2D eigenvalue weighted by Gasteiger charge is 2.52. The number of carbonyl (C=O) groups excluding carboxylic acids is 1. The molecule has 1 heterocycles. The number of hydrogen-bond acceptors (Lipinski definition) is 4. The Morgan fingerprint density at radius 3 is 2.59 bits per heavy atom. The van der Waals surface area contributed by atoms with Crippen LogP contribution in [0.2, 0.25) is 0 Å². The number of amides is 1. The summed E-state index contributed by atoms with van der Waals surface area (Å²) in [6, 6.07) is 4.96. The van der Waals surface area contributed by atoms with Crippen LogP contribution < -0.4 is 10.6 Å². The molecule has 1 aromatic rings. The van der Waals surface area contributed by atoms with Gasteiger partial charge in [0.1, 0.15) is 5.54 Å². The van der Waals surface area contributed by atoms with Crippen molar-refractivity contribution in [2.75, 3.05) is 16.9 Å². The summed E-state index contributed by atoms with van der Waals surface area (Å²) >= 11 is 0. The van der Waals surface area contributed by atoms with Crippen molar-refractivity contribution in [1.29, 1.82) is 0 Å². The number of fused-ring (bicyclic) bond motifs is 1. The van der Waals surface area contributed by atoms with Gasteiger partial charge in [-0.2, -0.15) is 0 Å². The number of hydrogen-bond donors (Lipinski definition) is 2. The molecule has 0 aromatic heterocycles. The zero-order chi connectivity index (χ0) is 12.3. The molecule has 0 saturated heterocycles. The number of para-hydroxylation sites is 1. The normalized spacial score (nSPS) is 20.4. The minimum atomic E-state index is -3.34. The molecule has 6 heteroatoms. The lowest BCUT2D eigenvalue weighted by Gasteiger charge is -2.27. The minimum absolute atomic E-state index is 0.138. The van der Waals surface area contributed by atoms with Crippen LogP contribution in [0.25, 0.3) is 0 Å². The SMILES string of the molecule is CS(=O)(=O)c1cccc2c1NC(=O)C1(CC1)N2. The van der Waals surface area contributed by atoms with E-state index in [9.17, 15) is 13.2 Å². The molecule has 1 spiro atoms. The monoisotopic (exact) mass is 252 g/mol. The highest BCUT2D eigenvalue weighted by Crippen LogP contribution is 2.46. The summed E-state index contributed by atoms with van der Waals surface area (Å²) in [5.74, 6) is -0.138. The van der Waals surface area contributed by atoms with Gasteiger partial charge in [0.05, 0.1) is 16.3 Å². The first-order valence-corrected chi connectivity index (χ1v) is 7.24. The van der Waals surface area contributed by atoms with E-state index < -0.39 is 15.4 Å². The largest absolute Gasteiger partial charge is 0.369 e. The topological polar surface area (TPSA) is 75.3 Å². The van der Waals surface area contributed by atoms with Crippen molar-refractivity contribution in [2.24, 2.45) is 0 Å². The van der Waals surface area contributed by atoms with Crippen molar-refractivity contribution in [1.82, 2.24) is 0 Å². The zero-order valence-corrected chi connectivity index (χ0v) is 10.1. The number of nitrogens with one attached hydrogen (secondary N) is 2. The van der Waals surface area contributed by atoms with Crippen molar-refractivity contribution < 1.29 is 13.2 Å². The molecule has 1 aliphatic carbocycles. The third-order valence-electron chi connectivity index (χ3n) is 3.22. The fourth-order valence-corrected chi connectivity index (χ4v) is 2.96. The molecule has 5 nitrogen and oxygen atoms in total. The number of rotatable bonds is 1. The Kier molecular flexibility index (Phi) is 1.87. The first kappa shape index (κ1) is 10.6. The molecule has 2 aliphatic rings. The van der Waals surface area contributed by atoms with E-state index >= 15 is 0 Å². The van der Waals surface area contributed by atoms with Crippen LogP contribution in [0.1, 0.15) is 12.8 Å². The highest BCUT2D eigenvalue weighted by atomic mass is 32.2. The molecule has 1 aliphatic heterocycles. The van der Waals surface area contributed by atoms with E-state index in [-0.39, 0.29) is 10.8 Å². The molecule has 17 heavy (non-hydrogen) atoms. The molecule has 90 valence electrons. The van der Waals surface area contributed by atoms with Gasteiger partial charge in [0.25, 0.3) is 0 Å². The summed E-state index contributed by atoms with van der Waals surface area (Å²) in [5, 5.41) is 5.84. The summed E-state index contributed by atoms with van der Waals surface area (Å²) in [5.41, 5.74) is 0.561. The van der Waals surface area contributed by atoms with E-state index in [1.165, 1.54) is 6.07 Å². The number of anilines is 2. The van der Waals surface area contributed by atoms with Gasteiger partial charge in [-0.25, -0.2) is 8.42 Å². The maximum absolute atomic E-state index is 11.9. The molecule has 1 fully saturated rings. The van der Waals surface area contributed by atoms with Crippen LogP contribution in [0.15, 0.2) is 23.1 Å². The lowest BCUT2D eigenvalue weighted by Crippen LogP contribution is -2.41. The Labute approximate surface area is 99.1 Å². The van der Waals surface area contributed by atoms with Crippen LogP contribution >= 0.6 is 0 Å². The lowest BCUT2D eigenvalue weighted by atomic mass is 10.1. The number of carbonyl (C=O) groups is 1. The summed E-state index contributed by atoms with van der Waals surface area (Å²) in [7, 11) is -3.34. The van der Waals surface area contributed by atoms with Gasteiger partial charge >= 0.3 is 0 Å². The second-order valence-electron chi connectivity index (χ2n) is 4.61. The van der Waals surface area contributed by atoms with Crippen LogP contribution in [0, 0.1) is 0 Å². The predicted molar refractivity (Wildman–Crippen MR) is 63.8 cm³/mol. The molecule has 0 atom stereocenters. The first-order chi connectivity index (χ1) is 7.92. The van der Waals surface area contributed by atoms with Gasteiger partial charge in [0.15, 0.2) is 9.84 Å². The molecular weight excluding hydrogens is 240 g/mol. The fourth-order valence-electron chi connectivity index (χ4n) is 2.10. The molecule has 1 aromatic carbocycles. The molecular formula is C11H12N2O3S. The molecule has 1 amide bonds. The standard InChI is InChI=1S/C11H12N2O3S/c1-17(15,16)8-4-2-3-7-9(8)12-10(14)11(13-7)5-6-11/h2-4,13H,5-6H2,1H3,(H,12,14). The first-order valence-electron chi connectivity index (χ1n) is 5.35. The van der Waals surface area contributed by atoms with Crippen LogP contribution in [0.5, 0.6) is 0 Å². The van der Waals surface area contributed by atoms with Crippen LogP contribution in [0.3, 0.4) is 0 Å². The summed E-state index contributed by atoms with van der Waals surface area (Å²) in [6.07, 6.45) is 2.72. The van der Waals surface area contributed by atoms with Gasteiger partial charge in [-0.15, -0.1) is 0 Å². The fraction of sp³-hybridized carbons (Fsp3) is 0.364. The summed E-state index contributed by atoms with van der Waals surface area (Å²) < 4.78 is 23.2. The Morgan fingerprint density at radius 2 is 2.00 bits per heavy atom. The van der Waals surface area contributed by atoms with Crippen molar-refractivity contribution in [3.63, 3.8) is 0 Å². The van der Waals surface area contributed by atoms with Gasteiger partial charge in [0.2, 0.25) is 5.91 Å². The molecule has 2 N–H and O–H groups in total. The van der Waals surface area contributed by atoms with Crippen LogP contribution in [-0.4, -0.2) is 26.1 Å². The average molecular weight is 252 g/mol. The Hall–Kier alpha value is -1.56. The van der Waals surface area contributed by atoms with Gasteiger partial charge in [-0.3, -0.25) is 4.79 Å². The molecule has 0 unspecified atom stereocenters. The van der Waals surface area contributed by atoms with Gasteiger partial charge in [0, 0.05) is 6.26 Å². The average Bonchev–Trinajstić information content (AvgIpc) is 2.98. The van der Waals surface area contributed by atoms with Gasteiger partial charge in [-0.05, 0) is 25.0 Å². The third kappa shape index (κ3) is 1.51. The van der Waals surface area contributed by atoms with Gasteiger partial charge < -0.3 is 10.6 Å². The van der Waals surface area contributed by atoms with E-state index in [1.807, 2.05) is 0 Å². The van der Waals surface area contributed by atoms with Crippen molar-refractivity contribution >= 4 is 27.1 Å². The third-order valence-corrected chi connectivity index (χ3v) is 4.36. The number of benzene rings is 1. The van der Waals surface area contributed by atoms with Gasteiger partial charge in [-0.1, -0.05) is 6.07 Å². The smallest absolute Gasteiger partial charge is 0.250 e. The van der Waals surface area contributed by atoms with Crippen molar-refractivity contribution in [2.45, 2.75) is 23.3 Å². The van der Waals surface area contributed by atoms with Crippen LogP contribution in [-0.2, 0) is 14.6 Å². The van der Waals surface area contributed by atoms with Crippen molar-refractivity contribution in [3.8, 4) is 0 Å². The van der Waals surface area contributed by atoms with E-state index in [0.717, 1.165) is 19.1 Å². The second-order valence-corrected chi connectivity index (χ2v) is 6.60. The Bertz CT molecular complexity index is 618. The molecule has 0 radical (unpaired) electrons. The minimum Gasteiger partial charge on any atom is -0.369 e. The second kappa shape index (κ2) is 3.01. The van der Waals surface area contributed by atoms with E-state index in [4.69, 9.17) is 0 Å². The summed E-state index contributed by atoms with van der Waals surface area (Å²) in [6.45, 7) is 0. The lowest BCUT2D eigenvalue weighted by molar-refractivity contribution is -0.117. The van der Waals surface area contributed by atoms with Crippen molar-refractivity contribution in [3.05, 3.63) is 18.2 Å². The maximum Gasteiger partial charge on any atom is 0.250 e. The molecule has 0 bridgehead atoms. The maximum atomic E-state index is 11.9. The van der Waals surface area contributed by atoms with Crippen LogP contribution in [0.4, 0.5) is 11.4 Å². The quantitative estimate of drug-likeness (QED) is 0.781. The Balaban J connectivity index is 2.17. The Morgan fingerprint density at radius 1 is 1.29 bits per heavy atom. The predicted octanol–water partition coefficient (Wildman–Crippen LogP) is 0.987. The molecule has 1 saturated carbocycles. The number of sulfone groups is 1. The zero-order valence-electron chi connectivity index (χ0n) is 9.28. The van der Waals surface area contributed by atoms with E-state index in [2.05, 4.69) is 10.6 Å². The van der Waals surface area contributed by atoms with E-state index in [1.54, 1.807) is 12.1 Å². The molecule has 3 rings (SSSR count).